The number of benzene rings is 2. The largest absolute Gasteiger partial charge is 0.348 e. The molecule has 4 nitrogen and oxygen atoms in total. The zero-order valence-corrected chi connectivity index (χ0v) is 14.2. The van der Waals surface area contributed by atoms with Gasteiger partial charge in [-0.15, -0.1) is 0 Å². The van der Waals surface area contributed by atoms with Crippen LogP contribution in [-0.4, -0.2) is 11.8 Å². The van der Waals surface area contributed by atoms with Gasteiger partial charge in [-0.3, -0.25) is 9.59 Å². The molecule has 0 radical (unpaired) electrons. The average Bonchev–Trinajstić information content (AvgIpc) is 2.54. The number of anilines is 1. The van der Waals surface area contributed by atoms with Crippen molar-refractivity contribution < 1.29 is 14.0 Å². The molecule has 24 heavy (non-hydrogen) atoms. The lowest BCUT2D eigenvalue weighted by molar-refractivity contribution is -0.118. The van der Waals surface area contributed by atoms with Crippen molar-refractivity contribution in [1.82, 2.24) is 5.32 Å². The third-order valence-corrected chi connectivity index (χ3v) is 3.70. The summed E-state index contributed by atoms with van der Waals surface area (Å²) in [6.45, 7) is 3.85. The molecule has 6 heteroatoms. The fourth-order valence-electron chi connectivity index (χ4n) is 1.98. The van der Waals surface area contributed by atoms with Gasteiger partial charge in [0.2, 0.25) is 5.91 Å². The van der Waals surface area contributed by atoms with Gasteiger partial charge in [0.1, 0.15) is 5.82 Å². The third-order valence-electron chi connectivity index (χ3n) is 3.39. The predicted octanol–water partition coefficient (Wildman–Crippen LogP) is 4.00. The van der Waals surface area contributed by atoms with Crippen molar-refractivity contribution in [1.29, 1.82) is 0 Å². The summed E-state index contributed by atoms with van der Waals surface area (Å²) >= 11 is 5.86. The molecule has 0 unspecified atom stereocenters. The van der Waals surface area contributed by atoms with Gasteiger partial charge in [0.05, 0.1) is 10.6 Å². The fourth-order valence-corrected chi connectivity index (χ4v) is 2.23. The van der Waals surface area contributed by atoms with Crippen LogP contribution in [0.5, 0.6) is 0 Å². The minimum absolute atomic E-state index is 0.0646. The molecule has 0 saturated carbocycles. The average molecular weight is 349 g/mol. The Bertz CT molecular complexity index is 725. The summed E-state index contributed by atoms with van der Waals surface area (Å²) in [4.78, 5) is 23.7. The highest BCUT2D eigenvalue weighted by molar-refractivity contribution is 6.33. The number of hydrogen-bond acceptors (Lipinski definition) is 2. The van der Waals surface area contributed by atoms with Crippen molar-refractivity contribution in [3.8, 4) is 0 Å². The summed E-state index contributed by atoms with van der Waals surface area (Å²) in [5.41, 5.74) is 1.33. The standard InChI is InChI=1S/C18H18ClFN2O2/c1-11(2)17(23)22-13-8-6-12(7-9-13)10-21-18(24)16-14(19)4-3-5-15(16)20/h3-9,11H,10H2,1-2H3,(H,21,24)(H,22,23). The van der Waals surface area contributed by atoms with Crippen LogP contribution >= 0.6 is 11.6 Å². The lowest BCUT2D eigenvalue weighted by Crippen LogP contribution is -2.24. The van der Waals surface area contributed by atoms with E-state index in [9.17, 15) is 14.0 Å². The summed E-state index contributed by atoms with van der Waals surface area (Å²) in [7, 11) is 0. The Hall–Kier alpha value is -2.40. The number of halogens is 2. The zero-order chi connectivity index (χ0) is 17.7. The molecule has 0 fully saturated rings. The Kier molecular flexibility index (Phi) is 5.93. The molecule has 0 aromatic heterocycles. The molecular formula is C18H18ClFN2O2. The van der Waals surface area contributed by atoms with E-state index in [2.05, 4.69) is 10.6 Å². The molecule has 2 rings (SSSR count). The Labute approximate surface area is 145 Å². The van der Waals surface area contributed by atoms with Crippen molar-refractivity contribution in [3.63, 3.8) is 0 Å². The van der Waals surface area contributed by atoms with Crippen molar-refractivity contribution in [2.45, 2.75) is 20.4 Å². The van der Waals surface area contributed by atoms with Gasteiger partial charge in [-0.2, -0.15) is 0 Å². The summed E-state index contributed by atoms with van der Waals surface area (Å²) in [5, 5.41) is 5.47. The van der Waals surface area contributed by atoms with E-state index in [0.717, 1.165) is 5.56 Å². The van der Waals surface area contributed by atoms with Gasteiger partial charge < -0.3 is 10.6 Å². The molecule has 126 valence electrons. The minimum atomic E-state index is -0.660. The van der Waals surface area contributed by atoms with E-state index >= 15 is 0 Å². The summed E-state index contributed by atoms with van der Waals surface area (Å²) < 4.78 is 13.7. The molecule has 0 bridgehead atoms. The van der Waals surface area contributed by atoms with E-state index in [4.69, 9.17) is 11.6 Å². The quantitative estimate of drug-likeness (QED) is 0.858. The van der Waals surface area contributed by atoms with Gasteiger partial charge in [0, 0.05) is 18.2 Å². The Morgan fingerprint density at radius 3 is 2.38 bits per heavy atom. The molecule has 0 spiro atoms. The van der Waals surface area contributed by atoms with Gasteiger partial charge in [-0.1, -0.05) is 43.6 Å². The molecular weight excluding hydrogens is 331 g/mol. The van der Waals surface area contributed by atoms with Crippen molar-refractivity contribution in [3.05, 3.63) is 64.4 Å². The molecule has 2 N–H and O–H groups in total. The van der Waals surface area contributed by atoms with E-state index in [-0.39, 0.29) is 29.0 Å². The van der Waals surface area contributed by atoms with E-state index in [1.165, 1.54) is 18.2 Å². The normalized spacial score (nSPS) is 10.5. The second kappa shape index (κ2) is 7.93. The predicted molar refractivity (Wildman–Crippen MR) is 92.5 cm³/mol. The van der Waals surface area contributed by atoms with Crippen LogP contribution in [-0.2, 0) is 11.3 Å². The van der Waals surface area contributed by atoms with Crippen LogP contribution in [0.15, 0.2) is 42.5 Å². The van der Waals surface area contributed by atoms with Gasteiger partial charge in [0.25, 0.3) is 5.91 Å². The highest BCUT2D eigenvalue weighted by atomic mass is 35.5. The first kappa shape index (κ1) is 17.9. The molecule has 0 saturated heterocycles. The summed E-state index contributed by atoms with van der Waals surface area (Å²) in [6.07, 6.45) is 0. The van der Waals surface area contributed by atoms with Crippen LogP contribution in [0.4, 0.5) is 10.1 Å². The molecule has 2 amide bonds. The Morgan fingerprint density at radius 1 is 1.12 bits per heavy atom. The van der Waals surface area contributed by atoms with Gasteiger partial charge in [-0.25, -0.2) is 4.39 Å². The van der Waals surface area contributed by atoms with Crippen molar-refractivity contribution >= 4 is 29.1 Å². The van der Waals surface area contributed by atoms with Crippen LogP contribution in [0, 0.1) is 11.7 Å². The lowest BCUT2D eigenvalue weighted by atomic mass is 10.1. The zero-order valence-electron chi connectivity index (χ0n) is 13.4. The topological polar surface area (TPSA) is 58.2 Å². The highest BCUT2D eigenvalue weighted by Gasteiger charge is 2.15. The van der Waals surface area contributed by atoms with Crippen LogP contribution in [0.1, 0.15) is 29.8 Å². The van der Waals surface area contributed by atoms with E-state index in [1.54, 1.807) is 24.3 Å². The molecule has 0 aliphatic rings. The summed E-state index contributed by atoms with van der Waals surface area (Å²) in [6, 6.07) is 11.1. The molecule has 2 aromatic carbocycles. The smallest absolute Gasteiger partial charge is 0.256 e. The van der Waals surface area contributed by atoms with E-state index in [0.29, 0.717) is 5.69 Å². The number of rotatable bonds is 5. The maximum Gasteiger partial charge on any atom is 0.256 e. The third kappa shape index (κ3) is 4.55. The van der Waals surface area contributed by atoms with Gasteiger partial charge >= 0.3 is 0 Å². The first-order valence-electron chi connectivity index (χ1n) is 7.50. The SMILES string of the molecule is CC(C)C(=O)Nc1ccc(CNC(=O)c2c(F)cccc2Cl)cc1. The first-order valence-corrected chi connectivity index (χ1v) is 7.88. The van der Waals surface area contributed by atoms with Crippen molar-refractivity contribution in [2.24, 2.45) is 5.92 Å². The Balaban J connectivity index is 1.97. The van der Waals surface area contributed by atoms with Gasteiger partial charge in [-0.05, 0) is 29.8 Å². The number of carbonyl (C=O) groups is 2. The Morgan fingerprint density at radius 2 is 1.79 bits per heavy atom. The maximum absolute atomic E-state index is 13.7. The number of carbonyl (C=O) groups excluding carboxylic acids is 2. The molecule has 2 aromatic rings. The monoisotopic (exact) mass is 348 g/mol. The second-order valence-electron chi connectivity index (χ2n) is 5.62. The number of hydrogen-bond donors (Lipinski definition) is 2. The molecule has 0 atom stereocenters. The molecule has 0 heterocycles. The molecule has 0 aliphatic carbocycles. The van der Waals surface area contributed by atoms with Crippen LogP contribution in [0.2, 0.25) is 5.02 Å². The summed E-state index contributed by atoms with van der Waals surface area (Å²) in [5.74, 6) is -1.40. The van der Waals surface area contributed by atoms with Crippen LogP contribution in [0.25, 0.3) is 0 Å². The lowest BCUT2D eigenvalue weighted by Gasteiger charge is -2.10. The van der Waals surface area contributed by atoms with Crippen molar-refractivity contribution in [2.75, 3.05) is 5.32 Å². The number of amides is 2. The van der Waals surface area contributed by atoms with E-state index < -0.39 is 11.7 Å². The second-order valence-corrected chi connectivity index (χ2v) is 6.03. The van der Waals surface area contributed by atoms with Gasteiger partial charge in [0.15, 0.2) is 0 Å². The molecule has 0 aliphatic heterocycles. The van der Waals surface area contributed by atoms with Crippen LogP contribution in [0.3, 0.4) is 0 Å². The highest BCUT2D eigenvalue weighted by Crippen LogP contribution is 2.19. The van der Waals surface area contributed by atoms with E-state index in [1.807, 2.05) is 13.8 Å². The first-order chi connectivity index (χ1) is 11.4. The number of nitrogens with one attached hydrogen (secondary N) is 2. The van der Waals surface area contributed by atoms with Crippen LogP contribution < -0.4 is 10.6 Å². The fraction of sp³-hybridized carbons (Fsp3) is 0.222. The minimum Gasteiger partial charge on any atom is -0.348 e. The maximum atomic E-state index is 13.7.